The number of carbonyl (C=O) groups excluding carboxylic acids is 4. The smallest absolute Gasteiger partial charge is 0.462 e. The van der Waals surface area contributed by atoms with Gasteiger partial charge in [0.2, 0.25) is 0 Å². The summed E-state index contributed by atoms with van der Waals surface area (Å²) in [5.74, 6) is 0.0763. The highest BCUT2D eigenvalue weighted by Crippen LogP contribution is 2.45. The summed E-state index contributed by atoms with van der Waals surface area (Å²) < 4.78 is 68.3. The largest absolute Gasteiger partial charge is 0.472 e. The van der Waals surface area contributed by atoms with Crippen LogP contribution in [0.5, 0.6) is 0 Å². The molecule has 0 aromatic rings. The fourth-order valence-corrected chi connectivity index (χ4v) is 12.3. The molecule has 0 aliphatic carbocycles. The highest BCUT2D eigenvalue weighted by Gasteiger charge is 2.30. The third-order valence-electron chi connectivity index (χ3n) is 16.4. The molecule has 0 aromatic heterocycles. The Morgan fingerprint density at radius 2 is 0.511 bits per heavy atom. The van der Waals surface area contributed by atoms with E-state index >= 15 is 0 Å². The Bertz CT molecular complexity index is 1770. The molecule has 0 heterocycles. The molecule has 0 aliphatic rings. The van der Waals surface area contributed by atoms with Crippen molar-refractivity contribution in [3.63, 3.8) is 0 Å². The van der Waals surface area contributed by atoms with Crippen molar-refractivity contribution in [1.82, 2.24) is 0 Å². The highest BCUT2D eigenvalue weighted by molar-refractivity contribution is 7.47. The van der Waals surface area contributed by atoms with Gasteiger partial charge in [0.05, 0.1) is 26.4 Å². The van der Waals surface area contributed by atoms with Crippen LogP contribution in [0.25, 0.3) is 0 Å². The van der Waals surface area contributed by atoms with Gasteiger partial charge in [-0.1, -0.05) is 305 Å². The first-order valence-electron chi connectivity index (χ1n) is 36.8. The molecule has 90 heavy (non-hydrogen) atoms. The Kier molecular flexibility index (Phi) is 60.6. The molecule has 0 aliphatic heterocycles. The van der Waals surface area contributed by atoms with Crippen LogP contribution in [0.3, 0.4) is 0 Å². The topological polar surface area (TPSA) is 237 Å². The quantitative estimate of drug-likeness (QED) is 0.0222. The van der Waals surface area contributed by atoms with Crippen LogP contribution in [0.2, 0.25) is 0 Å². The summed E-state index contributed by atoms with van der Waals surface area (Å²) in [5.41, 5.74) is 0. The number of carbonyl (C=O) groups is 4. The zero-order valence-electron chi connectivity index (χ0n) is 58.6. The van der Waals surface area contributed by atoms with E-state index in [1.807, 2.05) is 0 Å². The number of hydrogen-bond acceptors (Lipinski definition) is 15. The van der Waals surface area contributed by atoms with Crippen LogP contribution >= 0.6 is 15.6 Å². The van der Waals surface area contributed by atoms with Crippen molar-refractivity contribution in [2.24, 2.45) is 17.8 Å². The second kappa shape index (κ2) is 61.9. The Hall–Kier alpha value is -1.94. The lowest BCUT2D eigenvalue weighted by molar-refractivity contribution is -0.161. The van der Waals surface area contributed by atoms with E-state index in [9.17, 15) is 43.2 Å². The summed E-state index contributed by atoms with van der Waals surface area (Å²) in [6, 6.07) is 0. The van der Waals surface area contributed by atoms with Crippen LogP contribution in [0.15, 0.2) is 0 Å². The van der Waals surface area contributed by atoms with Crippen molar-refractivity contribution < 1.29 is 80.2 Å². The Morgan fingerprint density at radius 3 is 0.756 bits per heavy atom. The Morgan fingerprint density at radius 1 is 0.300 bits per heavy atom. The monoisotopic (exact) mass is 1320 g/mol. The standard InChI is InChI=1S/C71H138O17P2/c1-8-9-10-11-12-13-14-16-20-25-30-38-45-52-68(73)81-58-66(87-70(75)54-47-40-31-26-21-18-15-17-19-23-28-35-42-49-62(2)3)60-85-89(77,78)83-56-65(72)57-84-90(79,80)86-61-67(59-82-69(74)53-46-39-34-33-37-44-51-64(6)7)88-71(76)55-48-41-32-27-22-24-29-36-43-50-63(4)5/h62-67,72H,8-61H2,1-7H3,(H,77,78)(H,79,80)/t65-,66-,67-/m1/s1. The van der Waals surface area contributed by atoms with Crippen LogP contribution < -0.4 is 0 Å². The van der Waals surface area contributed by atoms with Gasteiger partial charge >= 0.3 is 39.5 Å². The molecule has 0 saturated carbocycles. The first-order valence-corrected chi connectivity index (χ1v) is 39.8. The van der Waals surface area contributed by atoms with E-state index in [0.29, 0.717) is 31.6 Å². The molecule has 3 N–H and O–H groups in total. The maximum Gasteiger partial charge on any atom is 0.472 e. The number of ether oxygens (including phenoxy) is 4. The van der Waals surface area contributed by atoms with Gasteiger partial charge in [-0.15, -0.1) is 0 Å². The number of unbranched alkanes of at least 4 members (excludes halogenated alkanes) is 37. The first-order chi connectivity index (χ1) is 43.2. The van der Waals surface area contributed by atoms with Crippen LogP contribution in [-0.2, 0) is 65.4 Å². The van der Waals surface area contributed by atoms with Gasteiger partial charge in [-0.25, -0.2) is 9.13 Å². The van der Waals surface area contributed by atoms with Gasteiger partial charge in [-0.3, -0.25) is 37.3 Å². The van der Waals surface area contributed by atoms with E-state index in [0.717, 1.165) is 108 Å². The fourth-order valence-electron chi connectivity index (χ4n) is 10.7. The van der Waals surface area contributed by atoms with Crippen LogP contribution in [0, 0.1) is 17.8 Å². The minimum Gasteiger partial charge on any atom is -0.462 e. The van der Waals surface area contributed by atoms with E-state index in [1.54, 1.807) is 0 Å². The number of esters is 4. The summed E-state index contributed by atoms with van der Waals surface area (Å²) >= 11 is 0. The van der Waals surface area contributed by atoms with Crippen molar-refractivity contribution in [1.29, 1.82) is 0 Å². The average Bonchev–Trinajstić information content (AvgIpc) is 3.25. The summed E-state index contributed by atoms with van der Waals surface area (Å²) in [6.07, 6.45) is 45.9. The van der Waals surface area contributed by atoms with Crippen LogP contribution in [-0.4, -0.2) is 96.7 Å². The lowest BCUT2D eigenvalue weighted by Crippen LogP contribution is -2.30. The fraction of sp³-hybridized carbons (Fsp3) is 0.944. The summed E-state index contributed by atoms with van der Waals surface area (Å²) in [6.45, 7) is 11.8. The number of hydrogen-bond donors (Lipinski definition) is 3. The molecule has 0 spiro atoms. The second-order valence-corrected chi connectivity index (χ2v) is 30.0. The van der Waals surface area contributed by atoms with E-state index in [4.69, 9.17) is 37.0 Å². The third kappa shape index (κ3) is 64.8. The van der Waals surface area contributed by atoms with Gasteiger partial charge < -0.3 is 33.8 Å². The van der Waals surface area contributed by atoms with Crippen molar-refractivity contribution >= 4 is 39.5 Å². The highest BCUT2D eigenvalue weighted by atomic mass is 31.2. The molecular weight excluding hydrogens is 1190 g/mol. The van der Waals surface area contributed by atoms with E-state index < -0.39 is 97.5 Å². The molecule has 0 fully saturated rings. The molecule has 534 valence electrons. The molecule has 0 amide bonds. The summed E-state index contributed by atoms with van der Waals surface area (Å²) in [5, 5.41) is 10.6. The molecule has 19 heteroatoms. The lowest BCUT2D eigenvalue weighted by atomic mass is 10.0. The molecule has 0 bridgehead atoms. The van der Waals surface area contributed by atoms with Crippen molar-refractivity contribution in [2.45, 2.75) is 375 Å². The summed E-state index contributed by atoms with van der Waals surface area (Å²) in [7, 11) is -9.90. The molecule has 17 nitrogen and oxygen atoms in total. The minimum atomic E-state index is -4.95. The van der Waals surface area contributed by atoms with Crippen LogP contribution in [0.4, 0.5) is 0 Å². The zero-order chi connectivity index (χ0) is 66.6. The van der Waals surface area contributed by atoms with Gasteiger partial charge in [-0.05, 0) is 43.4 Å². The van der Waals surface area contributed by atoms with E-state index in [-0.39, 0.29) is 25.7 Å². The number of rotatable bonds is 69. The maximum atomic E-state index is 13.0. The molecule has 0 radical (unpaired) electrons. The van der Waals surface area contributed by atoms with Crippen LogP contribution in [0.1, 0.15) is 357 Å². The Labute approximate surface area is 549 Å². The van der Waals surface area contributed by atoms with Crippen molar-refractivity contribution in [3.05, 3.63) is 0 Å². The van der Waals surface area contributed by atoms with Crippen molar-refractivity contribution in [3.8, 4) is 0 Å². The molecule has 2 unspecified atom stereocenters. The predicted molar refractivity (Wildman–Crippen MR) is 363 cm³/mol. The van der Waals surface area contributed by atoms with Gasteiger partial charge in [0.25, 0.3) is 0 Å². The van der Waals surface area contributed by atoms with Gasteiger partial charge in [0.15, 0.2) is 12.2 Å². The summed E-state index contributed by atoms with van der Waals surface area (Å²) in [4.78, 5) is 72.5. The minimum absolute atomic E-state index is 0.104. The predicted octanol–water partition coefficient (Wildman–Crippen LogP) is 20.2. The maximum absolute atomic E-state index is 13.0. The van der Waals surface area contributed by atoms with Gasteiger partial charge in [-0.2, -0.15) is 0 Å². The molecule has 5 atom stereocenters. The van der Waals surface area contributed by atoms with Gasteiger partial charge in [0, 0.05) is 25.7 Å². The van der Waals surface area contributed by atoms with E-state index in [2.05, 4.69) is 48.5 Å². The molecular formula is C71H138O17P2. The first kappa shape index (κ1) is 88.1. The molecule has 0 saturated heterocycles. The number of phosphoric acid groups is 2. The van der Waals surface area contributed by atoms with Gasteiger partial charge in [0.1, 0.15) is 19.3 Å². The van der Waals surface area contributed by atoms with E-state index in [1.165, 1.54) is 161 Å². The lowest BCUT2D eigenvalue weighted by Gasteiger charge is -2.21. The molecule has 0 rings (SSSR count). The number of aliphatic hydroxyl groups is 1. The SMILES string of the molecule is CCCCCCCCCCCCCCCC(=O)OC[C@H](COP(=O)(O)OC[C@@H](O)COP(=O)(O)OC[C@@H](COC(=O)CCCCCCCCC(C)C)OC(=O)CCCCCCCCCCCC(C)C)OC(=O)CCCCCCCCCCCCCCCC(C)C. The Balaban J connectivity index is 5.24. The molecule has 0 aromatic carbocycles. The second-order valence-electron chi connectivity index (χ2n) is 27.1. The van der Waals surface area contributed by atoms with Crippen molar-refractivity contribution in [2.75, 3.05) is 39.6 Å². The third-order valence-corrected chi connectivity index (χ3v) is 18.3. The normalized spacial score (nSPS) is 14.2. The average molecular weight is 1330 g/mol. The number of aliphatic hydroxyl groups excluding tert-OH is 1. The number of phosphoric ester groups is 2. The zero-order valence-corrected chi connectivity index (χ0v) is 60.4.